The Hall–Kier alpha value is -3.33. The largest absolute Gasteiger partial charge is 0.251 e. The van der Waals surface area contributed by atoms with Gasteiger partial charge in [-0.1, -0.05) is 54.1 Å². The highest BCUT2D eigenvalue weighted by atomic mass is 14.9. The Morgan fingerprint density at radius 3 is 2.57 bits per heavy atom. The zero-order valence-corrected chi connectivity index (χ0v) is 15.7. The summed E-state index contributed by atoms with van der Waals surface area (Å²) >= 11 is 0. The molecule has 0 fully saturated rings. The van der Waals surface area contributed by atoms with E-state index >= 15 is 0 Å². The van der Waals surface area contributed by atoms with E-state index in [4.69, 9.17) is 0 Å². The van der Waals surface area contributed by atoms with Crippen LogP contribution in [0.3, 0.4) is 0 Å². The third-order valence-electron chi connectivity index (χ3n) is 5.53. The van der Waals surface area contributed by atoms with Crippen molar-refractivity contribution in [1.29, 1.82) is 0 Å². The van der Waals surface area contributed by atoms with Crippen LogP contribution in [0.25, 0.3) is 27.5 Å². The van der Waals surface area contributed by atoms with E-state index in [1.807, 2.05) is 12.1 Å². The van der Waals surface area contributed by atoms with Gasteiger partial charge in [-0.15, -0.1) is 0 Å². The second-order valence-electron chi connectivity index (χ2n) is 7.17. The molecule has 0 atom stereocenters. The fourth-order valence-electron chi connectivity index (χ4n) is 4.19. The quantitative estimate of drug-likeness (QED) is 0.389. The van der Waals surface area contributed by atoms with Crippen LogP contribution in [0.15, 0.2) is 84.8 Å². The molecule has 4 aromatic rings. The highest BCUT2D eigenvalue weighted by Gasteiger charge is 2.20. The van der Waals surface area contributed by atoms with Crippen molar-refractivity contribution in [3.8, 4) is 0 Å². The molecule has 0 spiro atoms. The van der Waals surface area contributed by atoms with Gasteiger partial charge in [-0.25, -0.2) is 9.97 Å². The van der Waals surface area contributed by atoms with E-state index in [1.54, 1.807) is 29.7 Å². The molecule has 0 bridgehead atoms. The summed E-state index contributed by atoms with van der Waals surface area (Å²) in [5.41, 5.74) is 7.74. The molecule has 2 aromatic heterocycles. The van der Waals surface area contributed by atoms with Crippen LogP contribution in [-0.4, -0.2) is 15.0 Å². The van der Waals surface area contributed by atoms with Crippen LogP contribution in [0.4, 0.5) is 0 Å². The average Bonchev–Trinajstić information content (AvgIpc) is 2.79. The lowest BCUT2D eigenvalue weighted by Crippen LogP contribution is -2.06. The molecule has 2 aliphatic carbocycles. The summed E-state index contributed by atoms with van der Waals surface area (Å²) in [6, 6.07) is 17.1. The van der Waals surface area contributed by atoms with Gasteiger partial charge in [-0.3, -0.25) is 4.98 Å². The highest BCUT2D eigenvalue weighted by molar-refractivity contribution is 5.93. The topological polar surface area (TPSA) is 38.7 Å². The molecule has 0 unspecified atom stereocenters. The maximum absolute atomic E-state index is 4.06. The SMILES string of the molecule is C1=CC2=C(CC1)CCc1c2ccc2ccccc12.c1cnc2nccnc2c1. The molecule has 0 radical (unpaired) electrons. The molecule has 0 N–H and O–H groups in total. The summed E-state index contributed by atoms with van der Waals surface area (Å²) in [7, 11) is 0. The van der Waals surface area contributed by atoms with Crippen LogP contribution in [0.1, 0.15) is 30.4 Å². The zero-order chi connectivity index (χ0) is 18.8. The predicted octanol–water partition coefficient (Wildman–Crippen LogP) is 5.91. The summed E-state index contributed by atoms with van der Waals surface area (Å²) in [5, 5.41) is 2.82. The number of hydrogen-bond donors (Lipinski definition) is 0. The minimum Gasteiger partial charge on any atom is -0.251 e. The molecular weight excluding hydrogens is 342 g/mol. The normalized spacial score (nSPS) is 15.0. The number of aryl methyl sites for hydroxylation is 1. The molecule has 2 aliphatic rings. The molecule has 2 aromatic carbocycles. The number of benzene rings is 2. The second kappa shape index (κ2) is 7.35. The Morgan fingerprint density at radius 1 is 0.714 bits per heavy atom. The van der Waals surface area contributed by atoms with Crippen molar-refractivity contribution in [2.45, 2.75) is 25.7 Å². The zero-order valence-electron chi connectivity index (χ0n) is 15.7. The van der Waals surface area contributed by atoms with Gasteiger partial charge in [-0.2, -0.15) is 0 Å². The smallest absolute Gasteiger partial charge is 0.178 e. The number of pyridine rings is 1. The first-order valence-electron chi connectivity index (χ1n) is 9.81. The van der Waals surface area contributed by atoms with E-state index in [0.29, 0.717) is 5.65 Å². The maximum Gasteiger partial charge on any atom is 0.178 e. The first-order valence-corrected chi connectivity index (χ1v) is 9.81. The molecule has 6 rings (SSSR count). The lowest BCUT2D eigenvalue weighted by Gasteiger charge is -2.25. The van der Waals surface area contributed by atoms with Crippen LogP contribution in [0.5, 0.6) is 0 Å². The van der Waals surface area contributed by atoms with Crippen LogP contribution in [0, 0.1) is 0 Å². The van der Waals surface area contributed by atoms with Crippen molar-refractivity contribution in [3.05, 3.63) is 96.0 Å². The van der Waals surface area contributed by atoms with Gasteiger partial charge in [0.2, 0.25) is 0 Å². The van der Waals surface area contributed by atoms with Gasteiger partial charge < -0.3 is 0 Å². The number of nitrogens with zero attached hydrogens (tertiary/aromatic N) is 3. The second-order valence-corrected chi connectivity index (χ2v) is 7.17. The summed E-state index contributed by atoms with van der Waals surface area (Å²) in [6.07, 6.45) is 14.6. The Bertz CT molecular complexity index is 1160. The van der Waals surface area contributed by atoms with Crippen LogP contribution in [-0.2, 0) is 6.42 Å². The molecule has 0 saturated carbocycles. The van der Waals surface area contributed by atoms with E-state index in [9.17, 15) is 0 Å². The van der Waals surface area contributed by atoms with E-state index < -0.39 is 0 Å². The molecule has 0 saturated heterocycles. The number of allylic oxidation sites excluding steroid dienone is 4. The van der Waals surface area contributed by atoms with Crippen molar-refractivity contribution in [2.24, 2.45) is 0 Å². The molecular formula is C25H21N3. The summed E-state index contributed by atoms with van der Waals surface area (Å²) in [4.78, 5) is 12.1. The molecule has 2 heterocycles. The lowest BCUT2D eigenvalue weighted by molar-refractivity contribution is 0.831. The maximum atomic E-state index is 4.06. The van der Waals surface area contributed by atoms with E-state index in [2.05, 4.69) is 63.5 Å². The third kappa shape index (κ3) is 3.09. The first-order chi connectivity index (χ1) is 13.9. The average molecular weight is 363 g/mol. The Labute approximate surface area is 164 Å². The van der Waals surface area contributed by atoms with E-state index in [1.165, 1.54) is 47.6 Å². The number of aromatic nitrogens is 3. The van der Waals surface area contributed by atoms with Gasteiger partial charge in [0.25, 0.3) is 0 Å². The monoisotopic (exact) mass is 363 g/mol. The van der Waals surface area contributed by atoms with Gasteiger partial charge in [0.1, 0.15) is 5.52 Å². The number of fused-ring (bicyclic) bond motifs is 5. The minimum absolute atomic E-state index is 0.699. The molecule has 3 heteroatoms. The van der Waals surface area contributed by atoms with Gasteiger partial charge in [-0.05, 0) is 65.3 Å². The van der Waals surface area contributed by atoms with Crippen LogP contribution >= 0.6 is 0 Å². The molecule has 3 nitrogen and oxygen atoms in total. The third-order valence-corrected chi connectivity index (χ3v) is 5.53. The molecule has 28 heavy (non-hydrogen) atoms. The van der Waals surface area contributed by atoms with Crippen molar-refractivity contribution >= 4 is 27.5 Å². The van der Waals surface area contributed by atoms with Crippen molar-refractivity contribution in [3.63, 3.8) is 0 Å². The number of hydrogen-bond acceptors (Lipinski definition) is 3. The lowest BCUT2D eigenvalue weighted by atomic mass is 9.80. The number of rotatable bonds is 0. The summed E-state index contributed by atoms with van der Waals surface area (Å²) in [5.74, 6) is 0. The summed E-state index contributed by atoms with van der Waals surface area (Å²) < 4.78 is 0. The van der Waals surface area contributed by atoms with Gasteiger partial charge >= 0.3 is 0 Å². The Morgan fingerprint density at radius 2 is 1.61 bits per heavy atom. The highest BCUT2D eigenvalue weighted by Crippen LogP contribution is 2.39. The van der Waals surface area contributed by atoms with Gasteiger partial charge in [0.05, 0.1) is 0 Å². The van der Waals surface area contributed by atoms with Crippen molar-refractivity contribution in [2.75, 3.05) is 0 Å². The fourth-order valence-corrected chi connectivity index (χ4v) is 4.19. The minimum atomic E-state index is 0.699. The van der Waals surface area contributed by atoms with Gasteiger partial charge in [0, 0.05) is 18.6 Å². The summed E-state index contributed by atoms with van der Waals surface area (Å²) in [6.45, 7) is 0. The van der Waals surface area contributed by atoms with Crippen molar-refractivity contribution < 1.29 is 0 Å². The predicted molar refractivity (Wildman–Crippen MR) is 115 cm³/mol. The first kappa shape index (κ1) is 16.8. The van der Waals surface area contributed by atoms with E-state index in [0.717, 1.165) is 5.52 Å². The molecule has 136 valence electrons. The van der Waals surface area contributed by atoms with Crippen molar-refractivity contribution in [1.82, 2.24) is 15.0 Å². The Balaban J connectivity index is 0.000000145. The van der Waals surface area contributed by atoms with E-state index in [-0.39, 0.29) is 0 Å². The molecule has 0 amide bonds. The van der Waals surface area contributed by atoms with Crippen LogP contribution < -0.4 is 0 Å². The van der Waals surface area contributed by atoms with Gasteiger partial charge in [0.15, 0.2) is 5.65 Å². The Kier molecular flexibility index (Phi) is 4.42. The molecule has 0 aliphatic heterocycles. The fraction of sp³-hybridized carbons (Fsp3) is 0.160. The standard InChI is InChI=1S/C18H16.C7H5N3/c1-3-7-15-13(5-1)9-11-18-16-8-4-2-6-14(16)10-12-17(15)18;1-2-6-7(9-3-1)10-5-4-8-6/h1,3-5,7-9,11H,2,6,10,12H2;1-5H. The van der Waals surface area contributed by atoms with Crippen LogP contribution in [0.2, 0.25) is 0 Å².